The maximum atomic E-state index is 15.7. The summed E-state index contributed by atoms with van der Waals surface area (Å²) in [5, 5.41) is 57.0. The number of hydrogen-bond acceptors (Lipinski definition) is 28. The van der Waals surface area contributed by atoms with Gasteiger partial charge in [0.25, 0.3) is 5.91 Å². The molecule has 0 aromatic heterocycles. The number of alkyl carbamates (subject to hydrolysis) is 1. The molecule has 30 heteroatoms. The number of ether oxygens (including phenoxy) is 13. The summed E-state index contributed by atoms with van der Waals surface area (Å²) >= 11 is 2.83. The van der Waals surface area contributed by atoms with Crippen LogP contribution in [0.5, 0.6) is 11.5 Å². The molecule has 4 saturated heterocycles. The van der Waals surface area contributed by atoms with Gasteiger partial charge in [0, 0.05) is 61.4 Å². The molecule has 6 aliphatic heterocycles. The van der Waals surface area contributed by atoms with Crippen LogP contribution in [0.1, 0.15) is 64.2 Å². The van der Waals surface area contributed by atoms with Gasteiger partial charge in [0.15, 0.2) is 58.2 Å². The number of Topliss-reactive ketones (excluding diaryl/α,β-unsaturated/α-hetero) is 1. The van der Waals surface area contributed by atoms with Crippen molar-refractivity contribution < 1.29 is 106 Å². The van der Waals surface area contributed by atoms with E-state index in [2.05, 4.69) is 51.7 Å². The van der Waals surface area contributed by atoms with Gasteiger partial charge in [0.2, 0.25) is 5.78 Å². The number of aliphatic hydroxyl groups excluding tert-OH is 3. The van der Waals surface area contributed by atoms with Crippen LogP contribution in [0.15, 0.2) is 59.5 Å². The smallest absolute Gasteiger partial charge is 0.411 e. The lowest BCUT2D eigenvalue weighted by atomic mass is 9.73. The van der Waals surface area contributed by atoms with Crippen LogP contribution in [0.3, 0.4) is 0 Å². The number of rotatable bonds is 23. The summed E-state index contributed by atoms with van der Waals surface area (Å²) in [7, 11) is 9.38. The lowest BCUT2D eigenvalue weighted by molar-refractivity contribution is -0.336. The zero-order chi connectivity index (χ0) is 65.4. The van der Waals surface area contributed by atoms with Crippen LogP contribution in [0.2, 0.25) is 0 Å². The number of hydrogen-bond donors (Lipinski definition) is 8. The van der Waals surface area contributed by atoms with Gasteiger partial charge in [-0.1, -0.05) is 71.8 Å². The molecule has 4 fully saturated rings. The topological polar surface area (TPSA) is 327 Å². The second-order valence-electron chi connectivity index (χ2n) is 22.1. The van der Waals surface area contributed by atoms with E-state index in [1.165, 1.54) is 91.6 Å². The average Bonchev–Trinajstić information content (AvgIpc) is 1.01. The highest BCUT2D eigenvalue weighted by atomic mass is 33.1. The molecule has 6 heterocycles. The standard InChI is InChI=1S/C60H80N4O22S4/c1-28(2)61-36-27-78-43(25-39(36)74-8)84-52-50(67)47(64-86-45-24-37(65)53(87-12)31(5)80-45)29(3)81-57(52)83-38-16-20-59(90-88-13)18-14-15-19-60(72)34(17-21-89-59)46(38)48(63-58(71)77-11)51(68)54(60)85-44-26-42(49(66)30(4)79-44)82-56(70)33-22-40(75-9)41(76-10)23-35(33)62-55(69)32(6)73-7/h14,17-18,22-23,28-31,36-39,42-45,47,49-50,52-54,57,61,64-67,72H,6,21,24-27H2,1-5,7-13H3,(H,62,69)(H,63,71)/t29-,30+,31-,36+,37+,38+,39+,42+,43+,44+,45+,47-,49+,50+,52-,53-,54-,57+,59?,60-/m1/s1. The molecule has 496 valence electrons. The number of esters is 1. The highest BCUT2D eigenvalue weighted by Gasteiger charge is 2.57. The molecule has 1 unspecified atom stereocenters. The van der Waals surface area contributed by atoms with Gasteiger partial charge in [-0.15, -0.1) is 11.8 Å². The van der Waals surface area contributed by atoms with E-state index in [1.54, 1.807) is 26.2 Å². The molecule has 2 bridgehead atoms. The first-order valence-corrected chi connectivity index (χ1v) is 33.8. The fraction of sp³-hybridized carbons (Fsp3) is 0.633. The van der Waals surface area contributed by atoms with Crippen LogP contribution < -0.4 is 30.9 Å². The molecular formula is C60H80N4O22S4. The Morgan fingerprint density at radius 2 is 1.58 bits per heavy atom. The van der Waals surface area contributed by atoms with Crippen LogP contribution in [0.4, 0.5) is 10.5 Å². The van der Waals surface area contributed by atoms with Crippen molar-refractivity contribution >= 4 is 74.6 Å². The fourth-order valence-corrected chi connectivity index (χ4v) is 15.9. The fourth-order valence-electron chi connectivity index (χ4n) is 11.3. The number of ketones is 1. The van der Waals surface area contributed by atoms with Crippen molar-refractivity contribution in [1.82, 2.24) is 16.1 Å². The third-order valence-corrected chi connectivity index (χ3v) is 21.0. The summed E-state index contributed by atoms with van der Waals surface area (Å²) in [6.07, 6.45) is -11.1. The molecule has 1 aromatic rings. The number of fused-ring (bicyclic) bond motifs is 3. The Morgan fingerprint density at radius 3 is 2.24 bits per heavy atom. The molecule has 7 aliphatic rings. The SMILES string of the molecule is C=C(OC)C(=O)Nc1cc(OC)c(OC)cc1C(=O)O[C@H]1C[C@H](O[C@@H]2C(=O)C(NC(=O)OC)=C3C4=CCSC(SSC)(C#C[C@@H]3O[C@@H]3O[C@H](C)[C@@H](NO[C@H]5C[C@H](O)[C@H](SC)[C@@H](C)O5)[C@H](O)[C@H]3O[C@H]3C[C@H](OC)[C@@H](NC(C)C)CO3)C=CC#C[C@@]42O)O[C@@H](C)[C@@H]1O. The summed E-state index contributed by atoms with van der Waals surface area (Å²) in [5.74, 6) is 9.42. The van der Waals surface area contributed by atoms with Crippen molar-refractivity contribution in [3.8, 4) is 35.2 Å². The number of hydroxylamine groups is 1. The van der Waals surface area contributed by atoms with Crippen LogP contribution in [-0.2, 0) is 66.5 Å². The lowest BCUT2D eigenvalue weighted by Crippen LogP contribution is -2.65. The van der Waals surface area contributed by atoms with Crippen LogP contribution >= 0.6 is 45.1 Å². The number of carbonyl (C=O) groups is 4. The number of nitrogens with one attached hydrogen (secondary N) is 4. The Kier molecular flexibility index (Phi) is 25.0. The summed E-state index contributed by atoms with van der Waals surface area (Å²) in [6.45, 7) is 12.7. The minimum atomic E-state index is -2.65. The third kappa shape index (κ3) is 16.1. The number of amides is 2. The molecule has 8 rings (SSSR count). The van der Waals surface area contributed by atoms with E-state index < -0.39 is 138 Å². The van der Waals surface area contributed by atoms with Crippen molar-refractivity contribution in [3.05, 3.63) is 65.1 Å². The van der Waals surface area contributed by atoms with E-state index in [0.29, 0.717) is 0 Å². The number of methoxy groups -OCH3 is 5. The van der Waals surface area contributed by atoms with E-state index in [1.807, 2.05) is 33.3 Å². The first-order valence-electron chi connectivity index (χ1n) is 28.9. The molecular weight excluding hydrogens is 1260 g/mol. The second-order valence-corrected chi connectivity index (χ2v) is 27.3. The van der Waals surface area contributed by atoms with Gasteiger partial charge in [0.05, 0.1) is 99.8 Å². The molecule has 26 nitrogen and oxygen atoms in total. The van der Waals surface area contributed by atoms with Crippen LogP contribution in [-0.4, -0.2) is 230 Å². The summed E-state index contributed by atoms with van der Waals surface area (Å²) in [5.41, 5.74) is -0.864. The number of thioether (sulfide) groups is 2. The molecule has 0 saturated carbocycles. The molecule has 1 aromatic carbocycles. The van der Waals surface area contributed by atoms with E-state index in [0.717, 1.165) is 7.11 Å². The molecule has 1 aliphatic carbocycles. The predicted octanol–water partition coefficient (Wildman–Crippen LogP) is 3.21. The van der Waals surface area contributed by atoms with E-state index in [4.69, 9.17) is 66.4 Å². The Balaban J connectivity index is 1.17. The maximum Gasteiger partial charge on any atom is 0.411 e. The third-order valence-electron chi connectivity index (χ3n) is 15.9. The maximum absolute atomic E-state index is 15.7. The first-order chi connectivity index (χ1) is 42.9. The Hall–Kier alpha value is -4.62. The van der Waals surface area contributed by atoms with Gasteiger partial charge in [-0.3, -0.25) is 19.7 Å². The number of carbonyl (C=O) groups excluding carboxylic acids is 4. The van der Waals surface area contributed by atoms with Crippen LogP contribution in [0.25, 0.3) is 0 Å². The monoisotopic (exact) mass is 1340 g/mol. The van der Waals surface area contributed by atoms with Gasteiger partial charge in [-0.2, -0.15) is 17.2 Å². The van der Waals surface area contributed by atoms with Crippen LogP contribution in [0, 0.1) is 23.7 Å². The Labute approximate surface area is 539 Å². The van der Waals surface area contributed by atoms with Crippen molar-refractivity contribution in [2.75, 3.05) is 65.7 Å². The first kappa shape index (κ1) is 71.2. The normalized spacial score (nSPS) is 35.7. The Bertz CT molecular complexity index is 3000. The number of benzene rings is 1. The van der Waals surface area contributed by atoms with Crippen molar-refractivity contribution in [2.24, 2.45) is 0 Å². The number of allylic oxidation sites excluding steroid dienone is 1. The van der Waals surface area contributed by atoms with E-state index in [-0.39, 0.29) is 88.3 Å². The van der Waals surface area contributed by atoms with Crippen molar-refractivity contribution in [3.63, 3.8) is 0 Å². The predicted molar refractivity (Wildman–Crippen MR) is 333 cm³/mol. The molecule has 2 amide bonds. The van der Waals surface area contributed by atoms with Gasteiger partial charge in [-0.25, -0.2) is 9.59 Å². The summed E-state index contributed by atoms with van der Waals surface area (Å²) in [6, 6.07) is 1.39. The average molecular weight is 1340 g/mol. The summed E-state index contributed by atoms with van der Waals surface area (Å²) in [4.78, 5) is 62.7. The van der Waals surface area contributed by atoms with Gasteiger partial charge >= 0.3 is 12.1 Å². The van der Waals surface area contributed by atoms with Crippen molar-refractivity contribution in [2.45, 2.75) is 179 Å². The largest absolute Gasteiger partial charge is 0.493 e. The highest BCUT2D eigenvalue weighted by Crippen LogP contribution is 2.48. The second kappa shape index (κ2) is 31.5. The van der Waals surface area contributed by atoms with E-state index in [9.17, 15) is 34.8 Å². The molecule has 0 radical (unpaired) electrons. The minimum absolute atomic E-state index is 0.0860. The Morgan fingerprint density at radius 1 is 0.856 bits per heavy atom. The lowest BCUT2D eigenvalue weighted by Gasteiger charge is -2.47. The van der Waals surface area contributed by atoms with Crippen molar-refractivity contribution in [1.29, 1.82) is 0 Å². The molecule has 8 N–H and O–H groups in total. The zero-order valence-electron chi connectivity index (χ0n) is 51.9. The molecule has 0 spiro atoms. The number of anilines is 1. The minimum Gasteiger partial charge on any atom is -0.493 e. The van der Waals surface area contributed by atoms with E-state index >= 15 is 4.79 Å². The quantitative estimate of drug-likeness (QED) is 0.0195. The highest BCUT2D eigenvalue weighted by molar-refractivity contribution is 8.78. The van der Waals surface area contributed by atoms with Gasteiger partial charge in [0.1, 0.15) is 30.5 Å². The molecule has 90 heavy (non-hydrogen) atoms. The van der Waals surface area contributed by atoms with Gasteiger partial charge < -0.3 is 92.6 Å². The summed E-state index contributed by atoms with van der Waals surface area (Å²) < 4.78 is 77.2. The molecule has 20 atom stereocenters. The number of aliphatic hydroxyl groups is 4. The zero-order valence-corrected chi connectivity index (χ0v) is 55.1. The van der Waals surface area contributed by atoms with Gasteiger partial charge in [-0.05, 0) is 45.4 Å².